The maximum absolute atomic E-state index is 12.1. The molecule has 1 aliphatic rings. The van der Waals surface area contributed by atoms with Crippen molar-refractivity contribution in [1.29, 1.82) is 0 Å². The van der Waals surface area contributed by atoms with Crippen LogP contribution in [0.15, 0.2) is 29.4 Å². The molecule has 1 aromatic rings. The zero-order valence-electron chi connectivity index (χ0n) is 12.4. The molecule has 2 unspecified atom stereocenters. The lowest BCUT2D eigenvalue weighted by Gasteiger charge is -2.25. The van der Waals surface area contributed by atoms with Crippen LogP contribution in [0.4, 0.5) is 0 Å². The third kappa shape index (κ3) is 3.67. The number of hydrogen-bond donors (Lipinski definition) is 0. The van der Waals surface area contributed by atoms with E-state index in [0.29, 0.717) is 26.1 Å². The molecular weight excluding hydrogens is 268 g/mol. The van der Waals surface area contributed by atoms with Crippen LogP contribution < -0.4 is 4.74 Å². The van der Waals surface area contributed by atoms with Gasteiger partial charge in [0, 0.05) is 24.4 Å². The molecule has 0 aromatic heterocycles. The summed E-state index contributed by atoms with van der Waals surface area (Å²) in [5, 5.41) is 3.57. The monoisotopic (exact) mass is 288 g/mol. The molecule has 0 bridgehead atoms. The molecule has 0 spiro atoms. The summed E-state index contributed by atoms with van der Waals surface area (Å²) >= 11 is 0. The number of carbonyl (C=O) groups is 1. The van der Waals surface area contributed by atoms with Crippen molar-refractivity contribution in [3.63, 3.8) is 0 Å². The molecule has 6 heteroatoms. The van der Waals surface area contributed by atoms with E-state index in [0.717, 1.165) is 11.3 Å². The molecule has 2 atom stereocenters. The summed E-state index contributed by atoms with van der Waals surface area (Å²) in [6.07, 6.45) is 0.453. The maximum atomic E-state index is 12.1. The van der Waals surface area contributed by atoms with E-state index >= 15 is 0 Å². The van der Waals surface area contributed by atoms with Crippen LogP contribution in [0.5, 0.6) is 5.75 Å². The van der Waals surface area contributed by atoms with Gasteiger partial charge in [-0.05, 0) is 43.0 Å². The Morgan fingerprint density at radius 2 is 2.38 bits per heavy atom. The second-order valence-electron chi connectivity index (χ2n) is 5.21. The number of carbonyl (C=O) groups excluding carboxylic acids is 1. The van der Waals surface area contributed by atoms with Crippen LogP contribution >= 0.6 is 0 Å². The second kappa shape index (κ2) is 6.99. The largest absolute Gasteiger partial charge is 0.494 e. The van der Waals surface area contributed by atoms with Gasteiger partial charge in [-0.25, -0.2) is 0 Å². The van der Waals surface area contributed by atoms with E-state index in [1.807, 2.05) is 43.0 Å². The van der Waals surface area contributed by atoms with Crippen molar-refractivity contribution in [2.75, 3.05) is 19.7 Å². The van der Waals surface area contributed by atoms with Gasteiger partial charge in [0.25, 0.3) is 0 Å². The highest BCUT2D eigenvalue weighted by Gasteiger charge is 2.32. The van der Waals surface area contributed by atoms with Crippen LogP contribution in [0.2, 0.25) is 0 Å². The van der Waals surface area contributed by atoms with Crippen molar-refractivity contribution in [2.24, 2.45) is 11.0 Å². The van der Waals surface area contributed by atoms with Crippen LogP contribution in [0.25, 0.3) is 10.4 Å². The highest BCUT2D eigenvalue weighted by Crippen LogP contribution is 2.30. The summed E-state index contributed by atoms with van der Waals surface area (Å²) in [7, 11) is 0. The van der Waals surface area contributed by atoms with Gasteiger partial charge in [-0.3, -0.25) is 4.79 Å². The number of ether oxygens (including phenoxy) is 1. The fourth-order valence-electron chi connectivity index (χ4n) is 2.67. The van der Waals surface area contributed by atoms with E-state index in [1.54, 1.807) is 0 Å². The SMILES string of the molecule is CCOc1cccc(C(C)N2CC(CN=[N+]=[N-])CC2=O)c1. The summed E-state index contributed by atoms with van der Waals surface area (Å²) in [6.45, 7) is 5.59. The van der Waals surface area contributed by atoms with Gasteiger partial charge >= 0.3 is 0 Å². The molecule has 6 nitrogen and oxygen atoms in total. The van der Waals surface area contributed by atoms with Crippen molar-refractivity contribution < 1.29 is 9.53 Å². The van der Waals surface area contributed by atoms with Crippen molar-refractivity contribution in [3.8, 4) is 5.75 Å². The quantitative estimate of drug-likeness (QED) is 0.457. The van der Waals surface area contributed by atoms with Crippen molar-refractivity contribution in [2.45, 2.75) is 26.3 Å². The maximum Gasteiger partial charge on any atom is 0.223 e. The summed E-state index contributed by atoms with van der Waals surface area (Å²) < 4.78 is 5.50. The van der Waals surface area contributed by atoms with Crippen LogP contribution in [-0.2, 0) is 4.79 Å². The third-order valence-corrected chi connectivity index (χ3v) is 3.76. The number of benzene rings is 1. The Morgan fingerprint density at radius 3 is 3.10 bits per heavy atom. The smallest absolute Gasteiger partial charge is 0.223 e. The summed E-state index contributed by atoms with van der Waals surface area (Å²) in [5.74, 6) is 1.05. The Labute approximate surface area is 124 Å². The number of amides is 1. The number of nitrogens with zero attached hydrogens (tertiary/aromatic N) is 4. The van der Waals surface area contributed by atoms with E-state index < -0.39 is 0 Å². The Balaban J connectivity index is 2.08. The van der Waals surface area contributed by atoms with Gasteiger partial charge in [-0.15, -0.1) is 0 Å². The summed E-state index contributed by atoms with van der Waals surface area (Å²) in [5.41, 5.74) is 9.43. The zero-order valence-corrected chi connectivity index (χ0v) is 12.4. The number of hydrogen-bond acceptors (Lipinski definition) is 3. The normalized spacial score (nSPS) is 19.2. The van der Waals surface area contributed by atoms with E-state index in [9.17, 15) is 4.79 Å². The molecule has 0 saturated carbocycles. The molecule has 0 aliphatic carbocycles. The topological polar surface area (TPSA) is 78.3 Å². The zero-order chi connectivity index (χ0) is 15.2. The summed E-state index contributed by atoms with van der Waals surface area (Å²) in [6, 6.07) is 7.82. The highest BCUT2D eigenvalue weighted by molar-refractivity contribution is 5.79. The summed E-state index contributed by atoms with van der Waals surface area (Å²) in [4.78, 5) is 16.7. The highest BCUT2D eigenvalue weighted by atomic mass is 16.5. The molecule has 0 N–H and O–H groups in total. The van der Waals surface area contributed by atoms with Crippen LogP contribution in [0.3, 0.4) is 0 Å². The van der Waals surface area contributed by atoms with Gasteiger partial charge in [0.1, 0.15) is 5.75 Å². The van der Waals surface area contributed by atoms with Crippen molar-refractivity contribution in [1.82, 2.24) is 4.90 Å². The molecule has 1 saturated heterocycles. The molecular formula is C15H20N4O2. The number of rotatable bonds is 6. The molecule has 0 radical (unpaired) electrons. The fourth-order valence-corrected chi connectivity index (χ4v) is 2.67. The minimum atomic E-state index is -0.00558. The molecule has 1 amide bonds. The second-order valence-corrected chi connectivity index (χ2v) is 5.21. The average molecular weight is 288 g/mol. The molecule has 1 aliphatic heterocycles. The predicted molar refractivity (Wildman–Crippen MR) is 79.9 cm³/mol. The van der Waals surface area contributed by atoms with Crippen LogP contribution in [0.1, 0.15) is 31.9 Å². The van der Waals surface area contributed by atoms with E-state index in [1.165, 1.54) is 0 Å². The van der Waals surface area contributed by atoms with Gasteiger partial charge < -0.3 is 9.64 Å². The minimum absolute atomic E-state index is 0.00558. The lowest BCUT2D eigenvalue weighted by Crippen LogP contribution is -2.28. The Hall–Kier alpha value is -2.20. The standard InChI is InChI=1S/C15H20N4O2/c1-3-21-14-6-4-5-13(8-14)11(2)19-10-12(7-15(19)20)9-17-18-16/h4-6,8,11-12H,3,7,9-10H2,1-2H3. The van der Waals surface area contributed by atoms with Gasteiger partial charge in [0.15, 0.2) is 0 Å². The fraction of sp³-hybridized carbons (Fsp3) is 0.533. The Kier molecular flexibility index (Phi) is 5.06. The van der Waals surface area contributed by atoms with E-state index in [-0.39, 0.29) is 17.9 Å². The molecule has 1 heterocycles. The average Bonchev–Trinajstić information content (AvgIpc) is 2.86. The minimum Gasteiger partial charge on any atom is -0.494 e. The predicted octanol–water partition coefficient (Wildman–Crippen LogP) is 3.31. The first-order valence-corrected chi connectivity index (χ1v) is 7.18. The van der Waals surface area contributed by atoms with Crippen LogP contribution in [0, 0.1) is 5.92 Å². The molecule has 2 rings (SSSR count). The first-order chi connectivity index (χ1) is 10.2. The van der Waals surface area contributed by atoms with Gasteiger partial charge in [-0.1, -0.05) is 17.2 Å². The van der Waals surface area contributed by atoms with Crippen molar-refractivity contribution in [3.05, 3.63) is 40.3 Å². The molecule has 21 heavy (non-hydrogen) atoms. The molecule has 1 fully saturated rings. The van der Waals surface area contributed by atoms with Gasteiger partial charge in [0.2, 0.25) is 5.91 Å². The first-order valence-electron chi connectivity index (χ1n) is 7.18. The van der Waals surface area contributed by atoms with E-state index in [4.69, 9.17) is 10.3 Å². The lowest BCUT2D eigenvalue weighted by atomic mass is 10.1. The van der Waals surface area contributed by atoms with Crippen molar-refractivity contribution >= 4 is 5.91 Å². The van der Waals surface area contributed by atoms with E-state index in [2.05, 4.69) is 10.0 Å². The Morgan fingerprint density at radius 1 is 1.57 bits per heavy atom. The number of likely N-dealkylation sites (tertiary alicyclic amines) is 1. The third-order valence-electron chi connectivity index (χ3n) is 3.76. The van der Waals surface area contributed by atoms with Gasteiger partial charge in [0.05, 0.1) is 12.6 Å². The molecule has 112 valence electrons. The number of azide groups is 1. The Bertz CT molecular complexity index is 554. The van der Waals surface area contributed by atoms with Gasteiger partial charge in [-0.2, -0.15) is 0 Å². The first kappa shape index (κ1) is 15.2. The van der Waals surface area contributed by atoms with Crippen LogP contribution in [-0.4, -0.2) is 30.5 Å². The lowest BCUT2D eigenvalue weighted by molar-refractivity contribution is -0.129. The molecule has 1 aromatic carbocycles.